The summed E-state index contributed by atoms with van der Waals surface area (Å²) < 4.78 is 3.80. The molecule has 7 heteroatoms. The van der Waals surface area contributed by atoms with E-state index < -0.39 is 5.69 Å². The monoisotopic (exact) mass is 356 g/mol. The number of nitrogens with zero attached hydrogens (tertiary/aromatic N) is 3. The molecule has 0 aliphatic carbocycles. The van der Waals surface area contributed by atoms with Gasteiger partial charge in [0.15, 0.2) is 15.9 Å². The van der Waals surface area contributed by atoms with Gasteiger partial charge in [0.25, 0.3) is 5.56 Å². The maximum Gasteiger partial charge on any atom is 0.329 e. The van der Waals surface area contributed by atoms with Crippen molar-refractivity contribution < 1.29 is 0 Å². The molecule has 1 N–H and O–H groups in total. The van der Waals surface area contributed by atoms with Gasteiger partial charge in [-0.3, -0.25) is 14.3 Å². The first kappa shape index (κ1) is 16.0. The van der Waals surface area contributed by atoms with E-state index in [2.05, 4.69) is 32.8 Å². The van der Waals surface area contributed by atoms with Crippen molar-refractivity contribution in [2.24, 2.45) is 7.05 Å². The molecule has 2 aromatic rings. The van der Waals surface area contributed by atoms with Crippen molar-refractivity contribution in [2.75, 3.05) is 0 Å². The summed E-state index contributed by atoms with van der Waals surface area (Å²) in [5, 5.41) is 0. The number of imidazole rings is 1. The third-order valence-electron chi connectivity index (χ3n) is 3.70. The Morgan fingerprint density at radius 2 is 1.81 bits per heavy atom. The van der Waals surface area contributed by atoms with Gasteiger partial charge in [0.2, 0.25) is 0 Å². The zero-order valence-electron chi connectivity index (χ0n) is 12.5. The molecule has 21 heavy (non-hydrogen) atoms. The minimum Gasteiger partial charge on any atom is -0.313 e. The quantitative estimate of drug-likeness (QED) is 0.611. The number of halogens is 1. The van der Waals surface area contributed by atoms with Gasteiger partial charge in [0.1, 0.15) is 0 Å². The number of aromatic nitrogens is 4. The van der Waals surface area contributed by atoms with E-state index in [1.807, 2.05) is 4.57 Å². The highest BCUT2D eigenvalue weighted by molar-refractivity contribution is 9.10. The van der Waals surface area contributed by atoms with Crippen LogP contribution in [0.5, 0.6) is 0 Å². The Kier molecular flexibility index (Phi) is 5.39. The fourth-order valence-corrected chi connectivity index (χ4v) is 2.98. The summed E-state index contributed by atoms with van der Waals surface area (Å²) in [6.07, 6.45) is 7.12. The molecule has 2 rings (SSSR count). The molecule has 0 radical (unpaired) electrons. The second-order valence-corrected chi connectivity index (χ2v) is 6.00. The van der Waals surface area contributed by atoms with E-state index in [1.165, 1.54) is 30.3 Å². The Morgan fingerprint density at radius 3 is 2.52 bits per heavy atom. The number of H-pyrrole nitrogens is 1. The number of aryl methyl sites for hydroxylation is 2. The van der Waals surface area contributed by atoms with Gasteiger partial charge >= 0.3 is 5.69 Å². The Hall–Kier alpha value is -1.37. The molecule has 0 aromatic carbocycles. The van der Waals surface area contributed by atoms with E-state index in [9.17, 15) is 9.59 Å². The second-order valence-electron chi connectivity index (χ2n) is 5.29. The van der Waals surface area contributed by atoms with Gasteiger partial charge in [-0.15, -0.1) is 0 Å². The molecule has 2 aromatic heterocycles. The first-order valence-electron chi connectivity index (χ1n) is 7.41. The molecule has 0 fully saturated rings. The van der Waals surface area contributed by atoms with Crippen LogP contribution in [-0.4, -0.2) is 19.1 Å². The van der Waals surface area contributed by atoms with Gasteiger partial charge in [-0.05, 0) is 22.4 Å². The lowest BCUT2D eigenvalue weighted by Gasteiger charge is -2.05. The molecule has 0 spiro atoms. The zero-order chi connectivity index (χ0) is 15.4. The summed E-state index contributed by atoms with van der Waals surface area (Å²) in [7, 11) is 1.61. The lowest BCUT2D eigenvalue weighted by atomic mass is 10.1. The number of hydrogen-bond acceptors (Lipinski definition) is 3. The van der Waals surface area contributed by atoms with E-state index in [4.69, 9.17) is 0 Å². The highest BCUT2D eigenvalue weighted by Gasteiger charge is 2.15. The molecule has 6 nitrogen and oxygen atoms in total. The lowest BCUT2D eigenvalue weighted by molar-refractivity contribution is 0.559. The molecule has 0 saturated carbocycles. The van der Waals surface area contributed by atoms with Crippen molar-refractivity contribution in [3.8, 4) is 0 Å². The number of nitrogens with one attached hydrogen (secondary N) is 1. The van der Waals surface area contributed by atoms with Crippen LogP contribution >= 0.6 is 15.9 Å². The number of fused-ring (bicyclic) bond motifs is 1. The molecule has 0 bridgehead atoms. The second kappa shape index (κ2) is 7.06. The SMILES string of the molecule is CCCCCCCCn1c(Br)nc2c1c(=O)[nH]c(=O)n2C. The van der Waals surface area contributed by atoms with Crippen LogP contribution in [0.4, 0.5) is 0 Å². The van der Waals surface area contributed by atoms with E-state index in [1.54, 1.807) is 7.05 Å². The molecule has 0 amide bonds. The van der Waals surface area contributed by atoms with Gasteiger partial charge in [0, 0.05) is 13.6 Å². The molecule has 0 aliphatic rings. The fourth-order valence-electron chi connectivity index (χ4n) is 2.46. The number of rotatable bonds is 7. The average Bonchev–Trinajstić information content (AvgIpc) is 2.78. The lowest BCUT2D eigenvalue weighted by Crippen LogP contribution is -2.29. The van der Waals surface area contributed by atoms with E-state index in [-0.39, 0.29) is 5.56 Å². The summed E-state index contributed by atoms with van der Waals surface area (Å²) in [6, 6.07) is 0. The highest BCUT2D eigenvalue weighted by Crippen LogP contribution is 2.17. The third kappa shape index (κ3) is 3.45. The predicted octanol–water partition coefficient (Wildman–Crippen LogP) is 2.55. The minimum atomic E-state index is -0.441. The summed E-state index contributed by atoms with van der Waals surface area (Å²) in [6.45, 7) is 2.93. The van der Waals surface area contributed by atoms with Crippen LogP contribution in [0.1, 0.15) is 45.4 Å². The van der Waals surface area contributed by atoms with Gasteiger partial charge in [-0.2, -0.15) is 0 Å². The molecule has 0 aliphatic heterocycles. The molecular weight excluding hydrogens is 336 g/mol. The van der Waals surface area contributed by atoms with Crippen molar-refractivity contribution in [2.45, 2.75) is 52.0 Å². The predicted molar refractivity (Wildman–Crippen MR) is 86.7 cm³/mol. The molecule has 0 atom stereocenters. The molecule has 0 saturated heterocycles. The van der Waals surface area contributed by atoms with E-state index >= 15 is 0 Å². The van der Waals surface area contributed by atoms with Crippen LogP contribution in [0.25, 0.3) is 11.2 Å². The van der Waals surface area contributed by atoms with Gasteiger partial charge in [-0.1, -0.05) is 39.0 Å². The van der Waals surface area contributed by atoms with E-state index in [0.29, 0.717) is 15.9 Å². The van der Waals surface area contributed by atoms with Crippen molar-refractivity contribution in [1.82, 2.24) is 19.1 Å². The zero-order valence-corrected chi connectivity index (χ0v) is 14.1. The summed E-state index contributed by atoms with van der Waals surface area (Å²) in [4.78, 5) is 30.2. The maximum atomic E-state index is 12.0. The summed E-state index contributed by atoms with van der Waals surface area (Å²) >= 11 is 3.38. The first-order valence-corrected chi connectivity index (χ1v) is 8.20. The maximum absolute atomic E-state index is 12.0. The van der Waals surface area contributed by atoms with Crippen molar-refractivity contribution >= 4 is 27.1 Å². The molecule has 0 unspecified atom stereocenters. The minimum absolute atomic E-state index is 0.378. The van der Waals surface area contributed by atoms with Crippen molar-refractivity contribution in [3.05, 3.63) is 25.6 Å². The summed E-state index contributed by atoms with van der Waals surface area (Å²) in [5.41, 5.74) is 0.0561. The largest absolute Gasteiger partial charge is 0.329 e. The molecular formula is C14H21BrN4O2. The Morgan fingerprint density at radius 1 is 1.14 bits per heavy atom. The molecule has 2 heterocycles. The first-order chi connectivity index (χ1) is 10.1. The van der Waals surface area contributed by atoms with Gasteiger partial charge in [-0.25, -0.2) is 9.78 Å². The summed E-state index contributed by atoms with van der Waals surface area (Å²) in [5.74, 6) is 0. The van der Waals surface area contributed by atoms with Crippen LogP contribution in [-0.2, 0) is 13.6 Å². The van der Waals surface area contributed by atoms with Crippen LogP contribution in [0.3, 0.4) is 0 Å². The standard InChI is InChI=1S/C14H21BrN4O2/c1-3-4-5-6-7-8-9-19-10-11(16-13(19)15)18(2)14(21)17-12(10)20/h3-9H2,1-2H3,(H,17,20,21). The highest BCUT2D eigenvalue weighted by atomic mass is 79.9. The van der Waals surface area contributed by atoms with Crippen molar-refractivity contribution in [1.29, 1.82) is 0 Å². The smallest absolute Gasteiger partial charge is 0.313 e. The van der Waals surface area contributed by atoms with Crippen LogP contribution in [0, 0.1) is 0 Å². The van der Waals surface area contributed by atoms with E-state index in [0.717, 1.165) is 19.4 Å². The topological polar surface area (TPSA) is 72.7 Å². The molecule has 116 valence electrons. The number of hydrogen-bond donors (Lipinski definition) is 1. The Labute approximate surface area is 131 Å². The van der Waals surface area contributed by atoms with Crippen LogP contribution < -0.4 is 11.2 Å². The van der Waals surface area contributed by atoms with Gasteiger partial charge in [0.05, 0.1) is 0 Å². The van der Waals surface area contributed by atoms with Gasteiger partial charge < -0.3 is 4.57 Å². The van der Waals surface area contributed by atoms with Crippen LogP contribution in [0.2, 0.25) is 0 Å². The number of unbranched alkanes of at least 4 members (excludes halogenated alkanes) is 5. The Bertz CT molecular complexity index is 729. The number of aromatic amines is 1. The Balaban J connectivity index is 2.17. The average molecular weight is 357 g/mol. The normalized spacial score (nSPS) is 11.4. The third-order valence-corrected chi connectivity index (χ3v) is 4.30. The van der Waals surface area contributed by atoms with Crippen molar-refractivity contribution in [3.63, 3.8) is 0 Å². The fraction of sp³-hybridized carbons (Fsp3) is 0.643. The van der Waals surface area contributed by atoms with Crippen LogP contribution in [0.15, 0.2) is 14.3 Å².